The van der Waals surface area contributed by atoms with E-state index in [4.69, 9.17) is 5.73 Å². The lowest BCUT2D eigenvalue weighted by atomic mass is 10.3. The molecule has 0 spiro atoms. The van der Waals surface area contributed by atoms with E-state index < -0.39 is 0 Å². The molecule has 2 aromatic heterocycles. The lowest BCUT2D eigenvalue weighted by Crippen LogP contribution is -2.19. The molecule has 0 aromatic carbocycles. The van der Waals surface area contributed by atoms with Gasteiger partial charge in [0, 0.05) is 44.4 Å². The van der Waals surface area contributed by atoms with Gasteiger partial charge in [0.2, 0.25) is 0 Å². The zero-order chi connectivity index (χ0) is 11.5. The molecular weight excluding hydrogens is 202 g/mol. The maximum atomic E-state index is 5.64. The Kier molecular flexibility index (Phi) is 2.76. The number of pyridine rings is 1. The second-order valence-electron chi connectivity index (χ2n) is 3.75. The van der Waals surface area contributed by atoms with Gasteiger partial charge in [0.1, 0.15) is 11.6 Å². The molecular formula is C11H15N5. The Labute approximate surface area is 94.5 Å². The number of nitrogens with zero attached hydrogens (tertiary/aromatic N) is 4. The van der Waals surface area contributed by atoms with Crippen LogP contribution in [0.15, 0.2) is 30.7 Å². The van der Waals surface area contributed by atoms with Gasteiger partial charge in [-0.05, 0) is 6.07 Å². The minimum atomic E-state index is 0.532. The first-order chi connectivity index (χ1) is 7.66. The van der Waals surface area contributed by atoms with Crippen LogP contribution >= 0.6 is 0 Å². The molecule has 16 heavy (non-hydrogen) atoms. The zero-order valence-corrected chi connectivity index (χ0v) is 9.46. The predicted molar refractivity (Wildman–Crippen MR) is 64.0 cm³/mol. The summed E-state index contributed by atoms with van der Waals surface area (Å²) in [6, 6.07) is 3.78. The van der Waals surface area contributed by atoms with Gasteiger partial charge in [0.15, 0.2) is 0 Å². The molecule has 0 aliphatic carbocycles. The van der Waals surface area contributed by atoms with Gasteiger partial charge in [0.05, 0.1) is 6.54 Å². The molecule has 5 nitrogen and oxygen atoms in total. The fraction of sp³-hybridized carbons (Fsp3) is 0.273. The number of nitrogen functional groups attached to an aromatic ring is 1. The SMILES string of the molecule is CN(Cc1nccn1C)c1ccnc(N)c1. The first-order valence-electron chi connectivity index (χ1n) is 5.05. The minimum Gasteiger partial charge on any atom is -0.384 e. The molecule has 0 aliphatic rings. The number of imidazole rings is 1. The van der Waals surface area contributed by atoms with Crippen molar-refractivity contribution >= 4 is 11.5 Å². The molecule has 0 radical (unpaired) electrons. The summed E-state index contributed by atoms with van der Waals surface area (Å²) < 4.78 is 2.00. The maximum absolute atomic E-state index is 5.64. The molecule has 0 saturated carbocycles. The lowest BCUT2D eigenvalue weighted by molar-refractivity contribution is 0.761. The number of anilines is 2. The summed E-state index contributed by atoms with van der Waals surface area (Å²) in [6.45, 7) is 0.743. The van der Waals surface area contributed by atoms with Crippen LogP contribution in [-0.4, -0.2) is 21.6 Å². The van der Waals surface area contributed by atoms with Crippen LogP contribution in [0.25, 0.3) is 0 Å². The summed E-state index contributed by atoms with van der Waals surface area (Å²) in [4.78, 5) is 10.3. The Morgan fingerprint density at radius 3 is 2.81 bits per heavy atom. The van der Waals surface area contributed by atoms with E-state index in [9.17, 15) is 0 Å². The molecule has 0 aliphatic heterocycles. The molecule has 5 heteroatoms. The first-order valence-corrected chi connectivity index (χ1v) is 5.05. The quantitative estimate of drug-likeness (QED) is 0.834. The van der Waals surface area contributed by atoms with Crippen molar-refractivity contribution in [2.75, 3.05) is 17.7 Å². The summed E-state index contributed by atoms with van der Waals surface area (Å²) in [6.07, 6.45) is 5.44. The van der Waals surface area contributed by atoms with E-state index in [2.05, 4.69) is 14.9 Å². The van der Waals surface area contributed by atoms with Gasteiger partial charge in [-0.1, -0.05) is 0 Å². The number of nitrogens with two attached hydrogens (primary N) is 1. The zero-order valence-electron chi connectivity index (χ0n) is 9.46. The molecule has 2 N–H and O–H groups in total. The van der Waals surface area contributed by atoms with E-state index >= 15 is 0 Å². The lowest BCUT2D eigenvalue weighted by Gasteiger charge is -2.18. The summed E-state index contributed by atoms with van der Waals surface area (Å²) >= 11 is 0. The highest BCUT2D eigenvalue weighted by Crippen LogP contribution is 2.15. The molecule has 0 amide bonds. The van der Waals surface area contributed by atoms with Crippen molar-refractivity contribution in [1.82, 2.24) is 14.5 Å². The fourth-order valence-electron chi connectivity index (χ4n) is 1.53. The van der Waals surface area contributed by atoms with E-state index in [-0.39, 0.29) is 0 Å². The number of hydrogen-bond donors (Lipinski definition) is 1. The third-order valence-electron chi connectivity index (χ3n) is 2.51. The van der Waals surface area contributed by atoms with E-state index in [1.165, 1.54) is 0 Å². The van der Waals surface area contributed by atoms with Crippen molar-refractivity contribution in [2.45, 2.75) is 6.54 Å². The molecule has 2 rings (SSSR count). The Morgan fingerprint density at radius 2 is 2.19 bits per heavy atom. The molecule has 2 heterocycles. The molecule has 2 aromatic rings. The molecule has 0 bridgehead atoms. The van der Waals surface area contributed by atoms with Gasteiger partial charge >= 0.3 is 0 Å². The number of rotatable bonds is 3. The summed E-state index contributed by atoms with van der Waals surface area (Å²) in [7, 11) is 3.99. The van der Waals surface area contributed by atoms with Crippen molar-refractivity contribution in [1.29, 1.82) is 0 Å². The second-order valence-corrected chi connectivity index (χ2v) is 3.75. The fourth-order valence-corrected chi connectivity index (χ4v) is 1.53. The molecule has 0 saturated heterocycles. The average molecular weight is 217 g/mol. The van der Waals surface area contributed by atoms with Crippen LogP contribution in [0.5, 0.6) is 0 Å². The minimum absolute atomic E-state index is 0.532. The van der Waals surface area contributed by atoms with Crippen LogP contribution < -0.4 is 10.6 Å². The van der Waals surface area contributed by atoms with Crippen LogP contribution in [0.3, 0.4) is 0 Å². The number of aromatic nitrogens is 3. The van der Waals surface area contributed by atoms with Crippen LogP contribution in [0.1, 0.15) is 5.82 Å². The van der Waals surface area contributed by atoms with Gasteiger partial charge < -0.3 is 15.2 Å². The maximum Gasteiger partial charge on any atom is 0.127 e. The van der Waals surface area contributed by atoms with E-state index in [1.807, 2.05) is 37.0 Å². The average Bonchev–Trinajstić information content (AvgIpc) is 2.64. The first kappa shape index (κ1) is 10.5. The van der Waals surface area contributed by atoms with Crippen LogP contribution in [0, 0.1) is 0 Å². The molecule has 0 atom stereocenters. The Hall–Kier alpha value is -2.04. The summed E-state index contributed by atoms with van der Waals surface area (Å²) in [5.74, 6) is 1.54. The van der Waals surface area contributed by atoms with Crippen molar-refractivity contribution in [3.63, 3.8) is 0 Å². The van der Waals surface area contributed by atoms with E-state index in [0.29, 0.717) is 5.82 Å². The molecule has 0 unspecified atom stereocenters. The van der Waals surface area contributed by atoms with E-state index in [0.717, 1.165) is 18.1 Å². The normalized spacial score (nSPS) is 10.4. The topological polar surface area (TPSA) is 60.0 Å². The Balaban J connectivity index is 2.14. The Bertz CT molecular complexity index is 477. The van der Waals surface area contributed by atoms with Gasteiger partial charge in [-0.25, -0.2) is 9.97 Å². The third-order valence-corrected chi connectivity index (χ3v) is 2.51. The largest absolute Gasteiger partial charge is 0.384 e. The van der Waals surface area contributed by atoms with Gasteiger partial charge in [-0.15, -0.1) is 0 Å². The highest BCUT2D eigenvalue weighted by atomic mass is 15.2. The van der Waals surface area contributed by atoms with Crippen LogP contribution in [0.2, 0.25) is 0 Å². The monoisotopic (exact) mass is 217 g/mol. The summed E-state index contributed by atoms with van der Waals surface area (Å²) in [5, 5.41) is 0. The van der Waals surface area contributed by atoms with Gasteiger partial charge in [0.25, 0.3) is 0 Å². The smallest absolute Gasteiger partial charge is 0.127 e. The van der Waals surface area contributed by atoms with Crippen LogP contribution in [-0.2, 0) is 13.6 Å². The highest BCUT2D eigenvalue weighted by Gasteiger charge is 2.05. The molecule has 84 valence electrons. The molecule has 0 fully saturated rings. The number of hydrogen-bond acceptors (Lipinski definition) is 4. The van der Waals surface area contributed by atoms with Crippen molar-refractivity contribution < 1.29 is 0 Å². The van der Waals surface area contributed by atoms with Gasteiger partial charge in [-0.2, -0.15) is 0 Å². The van der Waals surface area contributed by atoms with Crippen LogP contribution in [0.4, 0.5) is 11.5 Å². The van der Waals surface area contributed by atoms with Gasteiger partial charge in [-0.3, -0.25) is 0 Å². The second kappa shape index (κ2) is 4.22. The van der Waals surface area contributed by atoms with Crippen molar-refractivity contribution in [2.24, 2.45) is 7.05 Å². The summed E-state index contributed by atoms with van der Waals surface area (Å²) in [5.41, 5.74) is 6.68. The highest BCUT2D eigenvalue weighted by molar-refractivity contribution is 5.51. The Morgan fingerprint density at radius 1 is 1.38 bits per heavy atom. The van der Waals surface area contributed by atoms with Crippen molar-refractivity contribution in [3.8, 4) is 0 Å². The predicted octanol–water partition coefficient (Wildman–Crippen LogP) is 1.03. The third kappa shape index (κ3) is 2.13. The number of aryl methyl sites for hydroxylation is 1. The van der Waals surface area contributed by atoms with E-state index in [1.54, 1.807) is 12.4 Å². The van der Waals surface area contributed by atoms with Crippen molar-refractivity contribution in [3.05, 3.63) is 36.5 Å². The standard InChI is InChI=1S/C11H15N5/c1-15-6-5-14-11(15)8-16(2)9-3-4-13-10(12)7-9/h3-7H,8H2,1-2H3,(H2,12,13).